The van der Waals surface area contributed by atoms with Crippen LogP contribution in [0.4, 0.5) is 0 Å². The zero-order valence-corrected chi connectivity index (χ0v) is 12.1. The normalized spacial score (nSPS) is 27.9. The zero-order chi connectivity index (χ0) is 11.8. The van der Waals surface area contributed by atoms with Crippen molar-refractivity contribution in [3.63, 3.8) is 0 Å². The van der Waals surface area contributed by atoms with Gasteiger partial charge in [0, 0.05) is 17.0 Å². The van der Waals surface area contributed by atoms with Gasteiger partial charge in [0.2, 0.25) is 0 Å². The van der Waals surface area contributed by atoms with E-state index in [2.05, 4.69) is 37.8 Å². The lowest BCUT2D eigenvalue weighted by Gasteiger charge is -2.27. The van der Waals surface area contributed by atoms with Crippen molar-refractivity contribution in [3.05, 3.63) is 0 Å². The molecule has 0 bridgehead atoms. The van der Waals surface area contributed by atoms with E-state index < -0.39 is 0 Å². The lowest BCUT2D eigenvalue weighted by atomic mass is 9.91. The summed E-state index contributed by atoms with van der Waals surface area (Å²) in [7, 11) is 0. The maximum Gasteiger partial charge on any atom is 0.0155 e. The van der Waals surface area contributed by atoms with Crippen LogP contribution < -0.4 is 5.32 Å². The van der Waals surface area contributed by atoms with Gasteiger partial charge in [-0.25, -0.2) is 0 Å². The molecule has 1 aliphatic rings. The Bertz CT molecular complexity index is 172. The molecule has 3 atom stereocenters. The van der Waals surface area contributed by atoms with Gasteiger partial charge in [0.05, 0.1) is 0 Å². The first kappa shape index (κ1) is 14.4. The molecule has 3 unspecified atom stereocenters. The average molecular weight is 243 g/mol. The Morgan fingerprint density at radius 1 is 1.31 bits per heavy atom. The van der Waals surface area contributed by atoms with Crippen molar-refractivity contribution in [2.75, 3.05) is 12.3 Å². The van der Waals surface area contributed by atoms with Crippen LogP contribution in [0.2, 0.25) is 0 Å². The molecular weight excluding hydrogens is 214 g/mol. The molecule has 16 heavy (non-hydrogen) atoms. The first-order chi connectivity index (χ1) is 7.76. The summed E-state index contributed by atoms with van der Waals surface area (Å²) >= 11 is 2.22. The largest absolute Gasteiger partial charge is 0.313 e. The highest BCUT2D eigenvalue weighted by molar-refractivity contribution is 7.99. The summed E-state index contributed by atoms with van der Waals surface area (Å²) in [6.07, 6.45) is 8.35. The second-order valence-electron chi connectivity index (χ2n) is 5.29. The summed E-state index contributed by atoms with van der Waals surface area (Å²) in [5.74, 6) is 2.28. The van der Waals surface area contributed by atoms with E-state index in [-0.39, 0.29) is 0 Å². The minimum atomic E-state index is 0.738. The number of rotatable bonds is 7. The van der Waals surface area contributed by atoms with Crippen LogP contribution in [-0.2, 0) is 0 Å². The summed E-state index contributed by atoms with van der Waals surface area (Å²) in [4.78, 5) is 0. The van der Waals surface area contributed by atoms with Gasteiger partial charge < -0.3 is 5.32 Å². The van der Waals surface area contributed by atoms with E-state index in [1.807, 2.05) is 0 Å². The van der Waals surface area contributed by atoms with Gasteiger partial charge in [0.1, 0.15) is 0 Å². The van der Waals surface area contributed by atoms with Gasteiger partial charge >= 0.3 is 0 Å². The van der Waals surface area contributed by atoms with Gasteiger partial charge in [0.25, 0.3) is 0 Å². The summed E-state index contributed by atoms with van der Waals surface area (Å²) < 4.78 is 0. The third-order valence-corrected chi connectivity index (χ3v) is 5.09. The summed E-state index contributed by atoms with van der Waals surface area (Å²) in [6, 6.07) is 0.738. The molecule has 0 aliphatic heterocycles. The van der Waals surface area contributed by atoms with Crippen molar-refractivity contribution in [2.45, 2.75) is 70.6 Å². The minimum absolute atomic E-state index is 0.738. The van der Waals surface area contributed by atoms with Gasteiger partial charge in [-0.1, -0.05) is 33.6 Å². The van der Waals surface area contributed by atoms with E-state index in [9.17, 15) is 0 Å². The lowest BCUT2D eigenvalue weighted by Crippen LogP contribution is -2.32. The van der Waals surface area contributed by atoms with Crippen LogP contribution in [0.15, 0.2) is 0 Å². The van der Waals surface area contributed by atoms with Crippen LogP contribution >= 0.6 is 11.8 Å². The molecule has 0 aromatic heterocycles. The van der Waals surface area contributed by atoms with E-state index >= 15 is 0 Å². The van der Waals surface area contributed by atoms with E-state index in [1.54, 1.807) is 0 Å². The van der Waals surface area contributed by atoms with Crippen molar-refractivity contribution in [1.82, 2.24) is 5.32 Å². The molecule has 1 saturated carbocycles. The van der Waals surface area contributed by atoms with Crippen molar-refractivity contribution in [1.29, 1.82) is 0 Å². The predicted octanol–water partition coefficient (Wildman–Crippen LogP) is 4.08. The van der Waals surface area contributed by atoms with Crippen molar-refractivity contribution in [2.24, 2.45) is 5.92 Å². The fourth-order valence-electron chi connectivity index (χ4n) is 2.45. The first-order valence-corrected chi connectivity index (χ1v) is 8.16. The van der Waals surface area contributed by atoms with Crippen LogP contribution in [0.3, 0.4) is 0 Å². The third kappa shape index (κ3) is 5.58. The van der Waals surface area contributed by atoms with Gasteiger partial charge in [-0.3, -0.25) is 0 Å². The molecule has 1 rings (SSSR count). The minimum Gasteiger partial charge on any atom is -0.313 e. The monoisotopic (exact) mass is 243 g/mol. The number of hydrogen-bond donors (Lipinski definition) is 1. The lowest BCUT2D eigenvalue weighted by molar-refractivity contribution is 0.393. The van der Waals surface area contributed by atoms with Crippen LogP contribution in [0.25, 0.3) is 0 Å². The Kier molecular flexibility index (Phi) is 7.55. The maximum absolute atomic E-state index is 3.65. The highest BCUT2D eigenvalue weighted by Gasteiger charge is 2.19. The molecule has 0 amide bonds. The third-order valence-electron chi connectivity index (χ3n) is 3.60. The Labute approximate surface area is 106 Å². The van der Waals surface area contributed by atoms with Crippen LogP contribution in [0.1, 0.15) is 59.3 Å². The molecule has 2 heteroatoms. The number of nitrogens with one attached hydrogen (secondary N) is 1. The molecule has 1 nitrogen and oxygen atoms in total. The molecule has 0 saturated heterocycles. The Hall–Kier alpha value is 0.310. The van der Waals surface area contributed by atoms with Crippen LogP contribution in [0.5, 0.6) is 0 Å². The average Bonchev–Trinajstić information content (AvgIpc) is 2.29. The fourth-order valence-corrected chi connectivity index (χ4v) is 4.11. The fraction of sp³-hybridized carbons (Fsp3) is 1.00. The van der Waals surface area contributed by atoms with E-state index in [0.29, 0.717) is 0 Å². The molecule has 0 aromatic carbocycles. The molecule has 1 N–H and O–H groups in total. The highest BCUT2D eigenvalue weighted by Crippen LogP contribution is 2.32. The van der Waals surface area contributed by atoms with Crippen LogP contribution in [-0.4, -0.2) is 23.6 Å². The van der Waals surface area contributed by atoms with Gasteiger partial charge in [0.15, 0.2) is 0 Å². The van der Waals surface area contributed by atoms with Gasteiger partial charge in [-0.2, -0.15) is 11.8 Å². The Morgan fingerprint density at radius 3 is 2.75 bits per heavy atom. The van der Waals surface area contributed by atoms with E-state index in [1.165, 1.54) is 50.8 Å². The second kappa shape index (κ2) is 8.41. The number of thioether (sulfide) groups is 1. The SMILES string of the molecule is CCCNC(CC)CSC1CCCC(C)C1. The van der Waals surface area contributed by atoms with E-state index in [0.717, 1.165) is 17.2 Å². The zero-order valence-electron chi connectivity index (χ0n) is 11.3. The molecule has 1 fully saturated rings. The standard InChI is InChI=1S/C14H29NS/c1-4-9-15-13(5-2)11-16-14-8-6-7-12(3)10-14/h12-15H,4-11H2,1-3H3. The topological polar surface area (TPSA) is 12.0 Å². The smallest absolute Gasteiger partial charge is 0.0155 e. The van der Waals surface area contributed by atoms with Crippen molar-refractivity contribution in [3.8, 4) is 0 Å². The van der Waals surface area contributed by atoms with Crippen LogP contribution in [0, 0.1) is 5.92 Å². The Morgan fingerprint density at radius 2 is 2.12 bits per heavy atom. The molecule has 96 valence electrons. The van der Waals surface area contributed by atoms with Crippen molar-refractivity contribution < 1.29 is 0 Å². The van der Waals surface area contributed by atoms with Gasteiger partial charge in [-0.05, 0) is 38.1 Å². The molecule has 1 aliphatic carbocycles. The highest BCUT2D eigenvalue weighted by atomic mass is 32.2. The molecular formula is C14H29NS. The maximum atomic E-state index is 3.65. The predicted molar refractivity (Wildman–Crippen MR) is 76.3 cm³/mol. The van der Waals surface area contributed by atoms with Crippen molar-refractivity contribution >= 4 is 11.8 Å². The first-order valence-electron chi connectivity index (χ1n) is 7.11. The molecule has 0 spiro atoms. The number of hydrogen-bond acceptors (Lipinski definition) is 2. The molecule has 0 heterocycles. The van der Waals surface area contributed by atoms with Gasteiger partial charge in [-0.15, -0.1) is 0 Å². The summed E-state index contributed by atoms with van der Waals surface area (Å²) in [5.41, 5.74) is 0. The molecule has 0 aromatic rings. The summed E-state index contributed by atoms with van der Waals surface area (Å²) in [5, 5.41) is 4.59. The second-order valence-corrected chi connectivity index (χ2v) is 6.62. The molecule has 0 radical (unpaired) electrons. The quantitative estimate of drug-likeness (QED) is 0.723. The summed E-state index contributed by atoms with van der Waals surface area (Å²) in [6.45, 7) is 8.15. The van der Waals surface area contributed by atoms with E-state index in [4.69, 9.17) is 0 Å². The Balaban J connectivity index is 2.15.